The lowest BCUT2D eigenvalue weighted by Crippen LogP contribution is -2.13. The fourth-order valence-corrected chi connectivity index (χ4v) is 18.2. The molecule has 21 rings (SSSR count). The Morgan fingerprint density at radius 1 is 0.252 bits per heavy atom. The summed E-state index contributed by atoms with van der Waals surface area (Å²) in [4.78, 5) is 28.9. The van der Waals surface area contributed by atoms with E-state index in [4.69, 9.17) is 20.2 Å². The lowest BCUT2D eigenvalue weighted by atomic mass is 9.79. The van der Waals surface area contributed by atoms with Crippen molar-refractivity contribution in [2.24, 2.45) is 9.98 Å². The molecule has 582 valence electrons. The molecule has 0 atom stereocenters. The Kier molecular flexibility index (Phi) is 19.0. The molecule has 10 heteroatoms. The average molecular weight is 1580 g/mol. The lowest BCUT2D eigenvalue weighted by molar-refractivity contribution is 0.869. The lowest BCUT2D eigenvalue weighted by Gasteiger charge is -2.26. The van der Waals surface area contributed by atoms with Crippen LogP contribution >= 0.6 is 0 Å². The molecule has 0 bridgehead atoms. The topological polar surface area (TPSA) is 112 Å². The maximum absolute atomic E-state index is 5.52. The summed E-state index contributed by atoms with van der Waals surface area (Å²) in [6, 6.07) is 129. The highest BCUT2D eigenvalue weighted by Gasteiger charge is 2.31. The van der Waals surface area contributed by atoms with Crippen LogP contribution < -0.4 is 0 Å². The molecular weight excluding hydrogens is 1500 g/mol. The Hall–Kier alpha value is -16.0. The molecule has 0 saturated carbocycles. The molecule has 6 aromatic heterocycles. The largest absolute Gasteiger partial charge is 0.287 e. The molecule has 14 aromatic carbocycles. The number of benzene rings is 14. The van der Waals surface area contributed by atoms with Crippen LogP contribution in [-0.2, 0) is 0 Å². The normalized spacial score (nSPS) is 12.0. The van der Waals surface area contributed by atoms with Crippen LogP contribution in [0.15, 0.2) is 393 Å². The predicted octanol–water partition coefficient (Wildman–Crippen LogP) is 28.3. The molecule has 10 nitrogen and oxygen atoms in total. The van der Waals surface area contributed by atoms with Gasteiger partial charge in [-0.1, -0.05) is 249 Å². The smallest absolute Gasteiger partial charge is 0.0801 e. The van der Waals surface area contributed by atoms with Crippen molar-refractivity contribution in [1.29, 1.82) is 0 Å². The summed E-state index contributed by atoms with van der Waals surface area (Å²) < 4.78 is 4.32. The number of nitrogens with zero attached hydrogens (tertiary/aromatic N) is 10. The van der Waals surface area contributed by atoms with E-state index in [9.17, 15) is 0 Å². The summed E-state index contributed by atoms with van der Waals surface area (Å²) in [6.45, 7) is 13.0. The first-order valence-corrected chi connectivity index (χ1v) is 41.6. The first-order chi connectivity index (χ1) is 60.6. The number of hydrogen-bond donors (Lipinski definition) is 0. The van der Waals surface area contributed by atoms with Crippen molar-refractivity contribution in [2.45, 2.75) is 27.7 Å². The van der Waals surface area contributed by atoms with Gasteiger partial charge in [-0.2, -0.15) is 10.2 Å². The molecule has 0 unspecified atom stereocenters. The molecule has 0 fully saturated rings. The zero-order valence-electron chi connectivity index (χ0n) is 68.6. The van der Waals surface area contributed by atoms with Crippen molar-refractivity contribution in [3.63, 3.8) is 0 Å². The Balaban J connectivity index is 0.702. The maximum atomic E-state index is 5.52. The fraction of sp³-hybridized carbons (Fsp3) is 0.0442. The van der Waals surface area contributed by atoms with Crippen molar-refractivity contribution < 1.29 is 0 Å². The van der Waals surface area contributed by atoms with Gasteiger partial charge in [-0.25, -0.2) is 9.36 Å². The van der Waals surface area contributed by atoms with E-state index < -0.39 is 0 Å². The van der Waals surface area contributed by atoms with Crippen molar-refractivity contribution in [3.05, 3.63) is 416 Å². The Morgan fingerprint density at radius 2 is 0.569 bits per heavy atom. The maximum Gasteiger partial charge on any atom is 0.0801 e. The van der Waals surface area contributed by atoms with E-state index in [1.807, 2.05) is 80.4 Å². The molecule has 6 heterocycles. The van der Waals surface area contributed by atoms with Crippen LogP contribution in [-0.4, -0.2) is 59.0 Å². The van der Waals surface area contributed by atoms with E-state index in [-0.39, 0.29) is 0 Å². The van der Waals surface area contributed by atoms with Gasteiger partial charge in [0.25, 0.3) is 0 Å². The van der Waals surface area contributed by atoms with E-state index in [0.29, 0.717) is 0 Å². The van der Waals surface area contributed by atoms with Crippen LogP contribution in [0.4, 0.5) is 5.69 Å². The van der Waals surface area contributed by atoms with Gasteiger partial charge in [-0.3, -0.25) is 29.9 Å². The fourth-order valence-electron chi connectivity index (χ4n) is 18.2. The average Bonchev–Trinajstić information content (AvgIpc) is 1.13. The molecule has 0 amide bonds. The number of rotatable bonds is 17. The van der Waals surface area contributed by atoms with Gasteiger partial charge in [0.15, 0.2) is 0 Å². The van der Waals surface area contributed by atoms with Crippen molar-refractivity contribution >= 4 is 39.7 Å². The Labute approximate surface area is 714 Å². The van der Waals surface area contributed by atoms with Gasteiger partial charge in [0, 0.05) is 87.1 Å². The second kappa shape index (κ2) is 31.4. The summed E-state index contributed by atoms with van der Waals surface area (Å²) in [5, 5.41) is 15.1. The second-order valence-corrected chi connectivity index (χ2v) is 31.5. The van der Waals surface area contributed by atoms with E-state index in [1.54, 1.807) is 0 Å². The SMILES string of the molecule is C=Nc1c2c3c(cccc3c3cc(-n4nc(C)c(C)c4-c4cc(-c5ccccc5-c5ccc(-c6ccccn6)cc5)cc(-c5ccccc5-c5ccc(-c6ccccn6)cc5)c4)ccc13)-c1cc(-n3nc(C)c(C)c3-c3cc(-c4ccccc4-c4ccc(-c5ccccn5)cc4)cc(-c4ccccc4-c4ccc(-c5ccccn5)cc4)c3)ccc1C2=NC. The quantitative estimate of drug-likeness (QED) is 0.0663. The molecule has 1 aliphatic rings. The number of aryl methyl sites for hydroxylation is 2. The third-order valence-electron chi connectivity index (χ3n) is 24.5. The molecule has 20 aromatic rings. The summed E-state index contributed by atoms with van der Waals surface area (Å²) in [6.07, 6.45) is 7.38. The van der Waals surface area contributed by atoms with E-state index in [2.05, 4.69) is 373 Å². The summed E-state index contributed by atoms with van der Waals surface area (Å²) in [5.41, 5.74) is 41.1. The van der Waals surface area contributed by atoms with Gasteiger partial charge >= 0.3 is 0 Å². The molecule has 0 spiro atoms. The third-order valence-corrected chi connectivity index (χ3v) is 24.5. The minimum absolute atomic E-state index is 0.773. The number of aromatic nitrogens is 8. The van der Waals surface area contributed by atoms with E-state index in [1.165, 1.54) is 0 Å². The number of fused-ring (bicyclic) bond motifs is 4. The van der Waals surface area contributed by atoms with Gasteiger partial charge in [-0.15, -0.1) is 0 Å². The van der Waals surface area contributed by atoms with Crippen LogP contribution in [0.1, 0.15) is 33.6 Å². The zero-order valence-corrected chi connectivity index (χ0v) is 68.6. The predicted molar refractivity (Wildman–Crippen MR) is 508 cm³/mol. The number of aliphatic imine (C=N–C) groups is 2. The monoisotopic (exact) mass is 1580 g/mol. The molecule has 0 radical (unpaired) electrons. The van der Waals surface area contributed by atoms with Gasteiger partial charge in [0.2, 0.25) is 0 Å². The highest BCUT2D eigenvalue weighted by molar-refractivity contribution is 6.35. The van der Waals surface area contributed by atoms with Crippen LogP contribution in [0, 0.1) is 27.7 Å². The van der Waals surface area contributed by atoms with Crippen LogP contribution in [0.2, 0.25) is 0 Å². The van der Waals surface area contributed by atoms with E-state index >= 15 is 0 Å². The molecule has 1 aliphatic carbocycles. The summed E-state index contributed by atoms with van der Waals surface area (Å²) >= 11 is 0. The zero-order chi connectivity index (χ0) is 82.8. The number of hydrogen-bond acceptors (Lipinski definition) is 8. The second-order valence-electron chi connectivity index (χ2n) is 31.5. The minimum atomic E-state index is 0.773. The highest BCUT2D eigenvalue weighted by Crippen LogP contribution is 2.51. The molecule has 0 N–H and O–H groups in total. The summed E-state index contributed by atoms with van der Waals surface area (Å²) in [7, 11) is 1.89. The van der Waals surface area contributed by atoms with Crippen molar-refractivity contribution in [1.82, 2.24) is 39.5 Å². The summed E-state index contributed by atoms with van der Waals surface area (Å²) in [5.74, 6) is 0. The standard InChI is InChI=1S/C113H80N10/c1-70-72(3)120-122(112(70)86-64-82(94-28-11-7-24-90(94)74-38-46-78(47-39-74)104-34-15-19-58-116-104)62-83(65-86)95-29-12-8-25-91(95)75-40-48-79(49-41-75)105-35-16-20-59-117-105)88-54-56-100-102(68-88)98-32-23-33-99-103-69-89(55-57-101(103)111(115-6)109(108(98)99)110(100)114-5)123-113(71(2)73(4)121-123)87-66-84(96-30-13-9-26-92(96)76-42-50-80(51-43-76)106-36-17-21-60-118-106)63-85(67-87)97-31-14-10-27-93(97)77-44-52-81(53-45-77)107-37-18-22-61-119-107/h7-69H,5H2,1-4,6H3. The van der Waals surface area contributed by atoms with Crippen molar-refractivity contribution in [2.75, 3.05) is 7.05 Å². The van der Waals surface area contributed by atoms with E-state index in [0.717, 1.165) is 246 Å². The minimum Gasteiger partial charge on any atom is -0.287 e. The third kappa shape index (κ3) is 13.4. The number of pyridine rings is 4. The van der Waals surface area contributed by atoms with Crippen LogP contribution in [0.25, 0.3) is 201 Å². The molecule has 123 heavy (non-hydrogen) atoms. The van der Waals surface area contributed by atoms with Crippen LogP contribution in [0.5, 0.6) is 0 Å². The van der Waals surface area contributed by atoms with Gasteiger partial charge < -0.3 is 0 Å². The van der Waals surface area contributed by atoms with Crippen molar-refractivity contribution in [3.8, 4) is 179 Å². The molecule has 0 saturated heterocycles. The van der Waals surface area contributed by atoms with Gasteiger partial charge in [0.1, 0.15) is 0 Å². The Morgan fingerprint density at radius 3 is 0.911 bits per heavy atom. The highest BCUT2D eigenvalue weighted by atomic mass is 15.3. The van der Waals surface area contributed by atoms with Gasteiger partial charge in [-0.05, 0) is 266 Å². The molecular formula is C113H80N10. The first kappa shape index (κ1) is 74.5. The Bertz CT molecular complexity index is 7270. The van der Waals surface area contributed by atoms with Crippen LogP contribution in [0.3, 0.4) is 0 Å². The van der Waals surface area contributed by atoms with Gasteiger partial charge in [0.05, 0.1) is 68.3 Å². The first-order valence-electron chi connectivity index (χ1n) is 41.6. The molecule has 0 aliphatic heterocycles.